The molecule has 5 aliphatic rings. The molecule has 0 spiro atoms. The van der Waals surface area contributed by atoms with E-state index in [2.05, 4.69) is 5.32 Å². The van der Waals surface area contributed by atoms with E-state index in [1.807, 2.05) is 0 Å². The highest BCUT2D eigenvalue weighted by Gasteiger charge is 2.61. The van der Waals surface area contributed by atoms with Crippen LogP contribution in [0.15, 0.2) is 46.9 Å². The maximum atomic E-state index is 13.3. The van der Waals surface area contributed by atoms with E-state index in [4.69, 9.17) is 9.47 Å². The lowest BCUT2D eigenvalue weighted by Gasteiger charge is -2.55. The number of hydrogen-bond donors (Lipinski definition) is 7. The molecule has 3 fully saturated rings. The van der Waals surface area contributed by atoms with E-state index in [-0.39, 0.29) is 53.5 Å². The topological polar surface area (TPSA) is 186 Å². The van der Waals surface area contributed by atoms with E-state index in [9.17, 15) is 40.2 Å². The molecule has 5 aliphatic carbocycles. The van der Waals surface area contributed by atoms with Crippen LogP contribution in [0, 0.1) is 35.5 Å². The molecule has 0 heterocycles. The van der Waals surface area contributed by atoms with E-state index < -0.39 is 53.4 Å². The number of aliphatic hydroxyl groups is 6. The Morgan fingerprint density at radius 1 is 0.978 bits per heavy atom. The average molecular weight is 628 g/mol. The molecule has 0 aliphatic heterocycles. The van der Waals surface area contributed by atoms with Gasteiger partial charge in [-0.1, -0.05) is 0 Å². The fraction of sp³-hybridized carbons (Fsp3) is 0.647. The largest absolute Gasteiger partial charge is 0.512 e. The Kier molecular flexibility index (Phi) is 8.66. The molecular weight excluding hydrogens is 582 g/mol. The SMILES string of the molecule is COc1ccc(OC(=O)NC2CCC(C3CCC(O)C4C(O)C5=C(O)[C@]6(O)C(=O)C(C(C)O)=C(O)C[C@@H]6C[C@@H]5CC34)CC2)cc1. The maximum Gasteiger partial charge on any atom is 0.412 e. The standard InChI is InChI=1S/C34H45NO10/c1-16(36)27-26(38)15-19-13-18-14-24-23(11-12-25(37)29(24)30(39)28(18)32(41)34(19,43)31(27)40)17-3-5-20(6-4-17)35-33(42)45-22-9-7-21(44-2)8-10-22/h7-10,16-20,23-25,29-30,36-39,41,43H,3-6,11-15H2,1-2H3,(H,35,42)/t16?,17?,18-,19+,20?,23?,24?,25?,29?,30?,34-/m1/s1. The van der Waals surface area contributed by atoms with Gasteiger partial charge in [0.25, 0.3) is 0 Å². The number of ketones is 1. The second kappa shape index (κ2) is 12.2. The number of amides is 1. The van der Waals surface area contributed by atoms with Crippen LogP contribution in [-0.4, -0.2) is 79.6 Å². The summed E-state index contributed by atoms with van der Waals surface area (Å²) in [6.45, 7) is 1.32. The van der Waals surface area contributed by atoms with Gasteiger partial charge in [0, 0.05) is 29.9 Å². The van der Waals surface area contributed by atoms with Crippen LogP contribution >= 0.6 is 0 Å². The van der Waals surface area contributed by atoms with Crippen molar-refractivity contribution < 1.29 is 49.7 Å². The quantitative estimate of drug-likeness (QED) is 0.255. The Morgan fingerprint density at radius 2 is 1.64 bits per heavy atom. The molecule has 45 heavy (non-hydrogen) atoms. The summed E-state index contributed by atoms with van der Waals surface area (Å²) >= 11 is 0. The first kappa shape index (κ1) is 31.8. The van der Waals surface area contributed by atoms with Crippen LogP contribution in [0.1, 0.15) is 64.7 Å². The molecule has 1 aromatic carbocycles. The van der Waals surface area contributed by atoms with Crippen molar-refractivity contribution in [1.82, 2.24) is 5.32 Å². The number of nitrogens with one attached hydrogen (secondary N) is 1. The Hall–Kier alpha value is -3.12. The molecule has 0 bridgehead atoms. The first-order valence-electron chi connectivity index (χ1n) is 16.2. The number of rotatable bonds is 5. The van der Waals surface area contributed by atoms with E-state index in [1.54, 1.807) is 31.4 Å². The highest BCUT2D eigenvalue weighted by Crippen LogP contribution is 2.58. The molecular formula is C34H45NO10. The van der Waals surface area contributed by atoms with E-state index >= 15 is 0 Å². The predicted octanol–water partition coefficient (Wildman–Crippen LogP) is 3.46. The van der Waals surface area contributed by atoms with Crippen LogP contribution in [0.25, 0.3) is 0 Å². The summed E-state index contributed by atoms with van der Waals surface area (Å²) in [6, 6.07) is 6.77. The Morgan fingerprint density at radius 3 is 2.29 bits per heavy atom. The number of fused-ring (bicyclic) bond motifs is 3. The second-order valence-corrected chi connectivity index (χ2v) is 13.8. The lowest BCUT2D eigenvalue weighted by molar-refractivity contribution is -0.148. The van der Waals surface area contributed by atoms with Crippen LogP contribution in [0.3, 0.4) is 0 Å². The Bertz CT molecular complexity index is 1360. The van der Waals surface area contributed by atoms with E-state index in [1.165, 1.54) is 6.92 Å². The van der Waals surface area contributed by atoms with Gasteiger partial charge in [0.1, 0.15) is 23.0 Å². The minimum absolute atomic E-state index is 0.0208. The van der Waals surface area contributed by atoms with Crippen molar-refractivity contribution in [3.05, 3.63) is 46.9 Å². The smallest absolute Gasteiger partial charge is 0.412 e. The third-order valence-corrected chi connectivity index (χ3v) is 11.5. The van der Waals surface area contributed by atoms with Gasteiger partial charge in [-0.15, -0.1) is 0 Å². The number of allylic oxidation sites excluding steroid dienone is 1. The fourth-order valence-electron chi connectivity index (χ4n) is 9.36. The van der Waals surface area contributed by atoms with Crippen molar-refractivity contribution >= 4 is 11.9 Å². The minimum atomic E-state index is -2.34. The summed E-state index contributed by atoms with van der Waals surface area (Å²) in [5.41, 5.74) is -2.45. The van der Waals surface area contributed by atoms with Crippen molar-refractivity contribution in [3.8, 4) is 11.5 Å². The molecule has 11 nitrogen and oxygen atoms in total. The van der Waals surface area contributed by atoms with E-state index in [0.29, 0.717) is 30.3 Å². The molecule has 6 rings (SSSR count). The first-order chi connectivity index (χ1) is 21.4. The van der Waals surface area contributed by atoms with Crippen molar-refractivity contribution in [3.63, 3.8) is 0 Å². The highest BCUT2D eigenvalue weighted by atomic mass is 16.6. The molecule has 0 aromatic heterocycles. The van der Waals surface area contributed by atoms with Crippen LogP contribution in [-0.2, 0) is 4.79 Å². The van der Waals surface area contributed by atoms with Crippen LogP contribution < -0.4 is 14.8 Å². The zero-order valence-electron chi connectivity index (χ0n) is 25.8. The normalized spacial score (nSPS) is 38.9. The molecule has 11 heteroatoms. The molecule has 0 saturated heterocycles. The molecule has 9 atom stereocenters. The first-order valence-corrected chi connectivity index (χ1v) is 16.2. The molecule has 1 aromatic rings. The van der Waals surface area contributed by atoms with Crippen LogP contribution in [0.5, 0.6) is 11.5 Å². The number of aliphatic hydroxyl groups excluding tert-OH is 5. The number of carbonyl (C=O) groups excluding carboxylic acids is 2. The van der Waals surface area contributed by atoms with Gasteiger partial charge in [-0.2, -0.15) is 0 Å². The Labute approximate surface area is 262 Å². The molecule has 1 amide bonds. The zero-order chi connectivity index (χ0) is 32.2. The molecule has 7 N–H and O–H groups in total. The number of carbonyl (C=O) groups is 2. The third-order valence-electron chi connectivity index (χ3n) is 11.5. The van der Waals surface area contributed by atoms with Crippen molar-refractivity contribution in [2.45, 2.75) is 94.7 Å². The average Bonchev–Trinajstić information content (AvgIpc) is 3.00. The fourth-order valence-corrected chi connectivity index (χ4v) is 9.36. The minimum Gasteiger partial charge on any atom is -0.512 e. The summed E-state index contributed by atoms with van der Waals surface area (Å²) in [7, 11) is 1.57. The highest BCUT2D eigenvalue weighted by molar-refractivity contribution is 6.06. The lowest BCUT2D eigenvalue weighted by atomic mass is 9.51. The predicted molar refractivity (Wildman–Crippen MR) is 161 cm³/mol. The van der Waals surface area contributed by atoms with Gasteiger partial charge in [0.2, 0.25) is 5.78 Å². The maximum absolute atomic E-state index is 13.3. The van der Waals surface area contributed by atoms with Crippen molar-refractivity contribution in [1.29, 1.82) is 0 Å². The van der Waals surface area contributed by atoms with E-state index in [0.717, 1.165) is 32.1 Å². The van der Waals surface area contributed by atoms with Crippen LogP contribution in [0.2, 0.25) is 0 Å². The van der Waals surface area contributed by atoms with Gasteiger partial charge in [-0.25, -0.2) is 4.79 Å². The van der Waals surface area contributed by atoms with Gasteiger partial charge in [0.05, 0.1) is 31.0 Å². The van der Waals surface area contributed by atoms with Gasteiger partial charge in [0.15, 0.2) is 5.60 Å². The van der Waals surface area contributed by atoms with Gasteiger partial charge < -0.3 is 45.4 Å². The van der Waals surface area contributed by atoms with Gasteiger partial charge in [-0.3, -0.25) is 4.79 Å². The van der Waals surface area contributed by atoms with Crippen molar-refractivity contribution in [2.24, 2.45) is 35.5 Å². The van der Waals surface area contributed by atoms with Gasteiger partial charge in [-0.05, 0) is 106 Å². The monoisotopic (exact) mass is 627 g/mol. The number of ether oxygens (including phenoxy) is 2. The second-order valence-electron chi connectivity index (χ2n) is 13.8. The molecule has 246 valence electrons. The van der Waals surface area contributed by atoms with Gasteiger partial charge >= 0.3 is 6.09 Å². The zero-order valence-corrected chi connectivity index (χ0v) is 25.8. The summed E-state index contributed by atoms with van der Waals surface area (Å²) in [5, 5.41) is 69.5. The molecule has 6 unspecified atom stereocenters. The number of Topliss-reactive ketones (excluding diaryl/α,β-unsaturated/α-hetero) is 1. The summed E-state index contributed by atoms with van der Waals surface area (Å²) in [4.78, 5) is 25.9. The molecule has 3 saturated carbocycles. The van der Waals surface area contributed by atoms with Crippen LogP contribution in [0.4, 0.5) is 4.79 Å². The Balaban J connectivity index is 1.14. The number of hydrogen-bond acceptors (Lipinski definition) is 10. The number of methoxy groups -OCH3 is 1. The summed E-state index contributed by atoms with van der Waals surface area (Å²) in [5.74, 6) is -1.83. The summed E-state index contributed by atoms with van der Waals surface area (Å²) in [6.07, 6.45) is 1.59. The van der Waals surface area contributed by atoms with Crippen molar-refractivity contribution in [2.75, 3.05) is 7.11 Å². The summed E-state index contributed by atoms with van der Waals surface area (Å²) < 4.78 is 10.6. The third kappa shape index (κ3) is 5.51. The molecule has 0 radical (unpaired) electrons. The lowest BCUT2D eigenvalue weighted by Crippen LogP contribution is -2.60. The number of benzene rings is 1.